The minimum absolute atomic E-state index is 0.278. The maximum atomic E-state index is 12.1. The van der Waals surface area contributed by atoms with E-state index in [2.05, 4.69) is 9.97 Å². The Morgan fingerprint density at radius 1 is 1.36 bits per heavy atom. The van der Waals surface area contributed by atoms with Gasteiger partial charge in [0.05, 0.1) is 18.0 Å². The molecule has 0 aromatic carbocycles. The molecular formula is C17H20N4O4. The number of amides is 1. The molecule has 3 heterocycles. The van der Waals surface area contributed by atoms with Crippen LogP contribution in [0.1, 0.15) is 32.9 Å². The minimum atomic E-state index is -0.527. The Morgan fingerprint density at radius 3 is 2.76 bits per heavy atom. The lowest BCUT2D eigenvalue weighted by Gasteiger charge is -2.29. The van der Waals surface area contributed by atoms with Crippen LogP contribution in [0.4, 0.5) is 4.79 Å². The second-order valence-electron chi connectivity index (χ2n) is 6.86. The standard InChI is InChI=1S/C17H20N4O4/c1-17(2,3)25-16(24)20-6-4-11(5-7-20)12-10-21-13(9-18-12)19-14(22)8-15(21)23/h4,8-10,22H,5-7H2,1-3H3. The first-order valence-corrected chi connectivity index (χ1v) is 7.99. The molecule has 0 atom stereocenters. The highest BCUT2D eigenvalue weighted by Crippen LogP contribution is 2.22. The maximum absolute atomic E-state index is 12.1. The van der Waals surface area contributed by atoms with Crippen molar-refractivity contribution < 1.29 is 14.6 Å². The molecule has 2 aromatic rings. The summed E-state index contributed by atoms with van der Waals surface area (Å²) in [6, 6.07) is 1.05. The van der Waals surface area contributed by atoms with E-state index in [0.717, 1.165) is 11.6 Å². The number of aromatic nitrogens is 3. The van der Waals surface area contributed by atoms with Crippen LogP contribution in [0.2, 0.25) is 0 Å². The van der Waals surface area contributed by atoms with Gasteiger partial charge in [0.15, 0.2) is 5.65 Å². The molecule has 1 aliphatic rings. The molecule has 1 aliphatic heterocycles. The van der Waals surface area contributed by atoms with E-state index in [1.807, 2.05) is 26.8 Å². The van der Waals surface area contributed by atoms with Gasteiger partial charge in [-0.15, -0.1) is 0 Å². The highest BCUT2D eigenvalue weighted by atomic mass is 16.6. The van der Waals surface area contributed by atoms with Crippen molar-refractivity contribution in [3.05, 3.63) is 40.6 Å². The van der Waals surface area contributed by atoms with Crippen molar-refractivity contribution in [2.75, 3.05) is 13.1 Å². The largest absolute Gasteiger partial charge is 0.493 e. The third-order valence-corrected chi connectivity index (χ3v) is 3.73. The number of aromatic hydroxyl groups is 1. The van der Waals surface area contributed by atoms with E-state index in [0.29, 0.717) is 25.2 Å². The molecule has 1 N–H and O–H groups in total. The predicted molar refractivity (Wildman–Crippen MR) is 91.3 cm³/mol. The van der Waals surface area contributed by atoms with Crippen LogP contribution in [0.25, 0.3) is 11.2 Å². The number of rotatable bonds is 1. The molecule has 132 valence electrons. The first-order valence-electron chi connectivity index (χ1n) is 7.99. The number of fused-ring (bicyclic) bond motifs is 1. The molecule has 0 aliphatic carbocycles. The van der Waals surface area contributed by atoms with Crippen molar-refractivity contribution in [1.29, 1.82) is 0 Å². The van der Waals surface area contributed by atoms with Crippen LogP contribution in [-0.2, 0) is 4.74 Å². The third-order valence-electron chi connectivity index (χ3n) is 3.73. The summed E-state index contributed by atoms with van der Waals surface area (Å²) in [6.45, 7) is 6.44. The molecule has 25 heavy (non-hydrogen) atoms. The number of carbonyl (C=O) groups is 1. The fourth-order valence-corrected chi connectivity index (χ4v) is 2.56. The van der Waals surface area contributed by atoms with Crippen molar-refractivity contribution in [2.45, 2.75) is 32.8 Å². The van der Waals surface area contributed by atoms with Gasteiger partial charge in [-0.2, -0.15) is 4.98 Å². The van der Waals surface area contributed by atoms with Gasteiger partial charge < -0.3 is 14.7 Å². The quantitative estimate of drug-likeness (QED) is 0.847. The molecule has 0 saturated carbocycles. The molecule has 0 unspecified atom stereocenters. The average molecular weight is 344 g/mol. The molecule has 0 bridgehead atoms. The zero-order valence-corrected chi connectivity index (χ0v) is 14.4. The van der Waals surface area contributed by atoms with Gasteiger partial charge in [-0.05, 0) is 32.8 Å². The van der Waals surface area contributed by atoms with Crippen LogP contribution in [0.5, 0.6) is 5.88 Å². The smallest absolute Gasteiger partial charge is 0.410 e. The van der Waals surface area contributed by atoms with Crippen LogP contribution in [0.3, 0.4) is 0 Å². The normalized spacial score (nSPS) is 15.2. The summed E-state index contributed by atoms with van der Waals surface area (Å²) in [5.74, 6) is -0.329. The summed E-state index contributed by atoms with van der Waals surface area (Å²) in [4.78, 5) is 33.8. The highest BCUT2D eigenvalue weighted by Gasteiger charge is 2.24. The number of carbonyl (C=O) groups excluding carboxylic acids is 1. The monoisotopic (exact) mass is 344 g/mol. The zero-order valence-electron chi connectivity index (χ0n) is 14.4. The zero-order chi connectivity index (χ0) is 18.2. The van der Waals surface area contributed by atoms with Gasteiger partial charge in [-0.1, -0.05) is 6.08 Å². The van der Waals surface area contributed by atoms with E-state index in [4.69, 9.17) is 4.74 Å². The van der Waals surface area contributed by atoms with Crippen LogP contribution in [0.15, 0.2) is 29.3 Å². The van der Waals surface area contributed by atoms with E-state index < -0.39 is 5.60 Å². The van der Waals surface area contributed by atoms with Gasteiger partial charge in [-0.3, -0.25) is 14.2 Å². The predicted octanol–water partition coefficient (Wildman–Crippen LogP) is 1.82. The lowest BCUT2D eigenvalue weighted by Crippen LogP contribution is -2.39. The molecule has 1 amide bonds. The van der Waals surface area contributed by atoms with Crippen LogP contribution < -0.4 is 5.56 Å². The molecule has 3 rings (SSSR count). The van der Waals surface area contributed by atoms with Crippen LogP contribution >= 0.6 is 0 Å². The average Bonchev–Trinajstić information content (AvgIpc) is 2.53. The molecule has 0 saturated heterocycles. The van der Waals surface area contributed by atoms with Crippen molar-refractivity contribution in [3.8, 4) is 5.88 Å². The topological polar surface area (TPSA) is 97.0 Å². The lowest BCUT2D eigenvalue weighted by atomic mass is 10.1. The van der Waals surface area contributed by atoms with Crippen molar-refractivity contribution >= 4 is 17.3 Å². The molecule has 2 aromatic heterocycles. The van der Waals surface area contributed by atoms with E-state index in [-0.39, 0.29) is 23.2 Å². The van der Waals surface area contributed by atoms with Gasteiger partial charge in [-0.25, -0.2) is 4.79 Å². The number of hydrogen-bond acceptors (Lipinski definition) is 6. The Kier molecular flexibility index (Phi) is 4.20. The Hall–Kier alpha value is -2.90. The molecule has 0 radical (unpaired) electrons. The summed E-state index contributed by atoms with van der Waals surface area (Å²) in [5.41, 5.74) is 0.965. The molecule has 8 nitrogen and oxygen atoms in total. The maximum Gasteiger partial charge on any atom is 0.410 e. The second kappa shape index (κ2) is 6.19. The first kappa shape index (κ1) is 16.9. The van der Waals surface area contributed by atoms with Gasteiger partial charge in [0.1, 0.15) is 5.60 Å². The van der Waals surface area contributed by atoms with E-state index in [1.54, 1.807) is 11.1 Å². The Labute approximate surface area is 144 Å². The number of ether oxygens (including phenoxy) is 1. The summed E-state index contributed by atoms with van der Waals surface area (Å²) in [5, 5.41) is 9.38. The Morgan fingerprint density at radius 2 is 2.12 bits per heavy atom. The SMILES string of the molecule is CC(C)(C)OC(=O)N1CC=C(c2cn3c(=O)cc(O)nc3cn2)CC1. The summed E-state index contributed by atoms with van der Waals surface area (Å²) < 4.78 is 6.70. The highest BCUT2D eigenvalue weighted by molar-refractivity contribution is 5.71. The molecule has 0 spiro atoms. The Bertz CT molecular complexity index is 911. The summed E-state index contributed by atoms with van der Waals surface area (Å²) >= 11 is 0. The molecular weight excluding hydrogens is 324 g/mol. The molecule has 8 heteroatoms. The first-order chi connectivity index (χ1) is 11.7. The van der Waals surface area contributed by atoms with Crippen LogP contribution in [-0.4, -0.2) is 49.2 Å². The van der Waals surface area contributed by atoms with Crippen molar-refractivity contribution in [3.63, 3.8) is 0 Å². The van der Waals surface area contributed by atoms with Gasteiger partial charge in [0.25, 0.3) is 5.56 Å². The summed E-state index contributed by atoms with van der Waals surface area (Å²) in [7, 11) is 0. The minimum Gasteiger partial charge on any atom is -0.493 e. The van der Waals surface area contributed by atoms with Gasteiger partial charge in [0, 0.05) is 19.3 Å². The van der Waals surface area contributed by atoms with Gasteiger partial charge >= 0.3 is 6.09 Å². The second-order valence-corrected chi connectivity index (χ2v) is 6.86. The number of hydrogen-bond donors (Lipinski definition) is 1. The Balaban J connectivity index is 1.81. The van der Waals surface area contributed by atoms with E-state index in [9.17, 15) is 14.7 Å². The van der Waals surface area contributed by atoms with Crippen LogP contribution in [0, 0.1) is 0 Å². The van der Waals surface area contributed by atoms with Crippen molar-refractivity contribution in [1.82, 2.24) is 19.3 Å². The third kappa shape index (κ3) is 3.78. The number of nitrogens with zero attached hydrogens (tertiary/aromatic N) is 4. The van der Waals surface area contributed by atoms with Crippen molar-refractivity contribution in [2.24, 2.45) is 0 Å². The van der Waals surface area contributed by atoms with Gasteiger partial charge in [0.2, 0.25) is 5.88 Å². The fourth-order valence-electron chi connectivity index (χ4n) is 2.56. The molecule has 0 fully saturated rings. The fraction of sp³-hybridized carbons (Fsp3) is 0.412. The lowest BCUT2D eigenvalue weighted by molar-refractivity contribution is 0.0270. The summed E-state index contributed by atoms with van der Waals surface area (Å²) in [6.07, 6.45) is 5.21. The van der Waals surface area contributed by atoms with E-state index in [1.165, 1.54) is 10.6 Å². The van der Waals surface area contributed by atoms with E-state index >= 15 is 0 Å².